The molecular formula is C10H17N3. The molecule has 0 aromatic carbocycles. The highest BCUT2D eigenvalue weighted by atomic mass is 15.1. The van der Waals surface area contributed by atoms with Gasteiger partial charge in [-0.15, -0.1) is 0 Å². The normalized spacial score (nSPS) is 20.8. The van der Waals surface area contributed by atoms with Crippen molar-refractivity contribution < 1.29 is 0 Å². The van der Waals surface area contributed by atoms with E-state index >= 15 is 0 Å². The Labute approximate surface area is 78.7 Å². The number of rotatable bonds is 2. The van der Waals surface area contributed by atoms with Gasteiger partial charge in [0.05, 0.1) is 6.20 Å². The zero-order valence-corrected chi connectivity index (χ0v) is 8.14. The topological polar surface area (TPSA) is 54.7 Å². The van der Waals surface area contributed by atoms with Gasteiger partial charge in [0.1, 0.15) is 0 Å². The number of aryl methyl sites for hydroxylation is 1. The van der Waals surface area contributed by atoms with Crippen LogP contribution in [0.15, 0.2) is 6.20 Å². The van der Waals surface area contributed by atoms with E-state index in [2.05, 4.69) is 17.1 Å². The van der Waals surface area contributed by atoms with Gasteiger partial charge in [0, 0.05) is 17.7 Å². The highest BCUT2D eigenvalue weighted by Crippen LogP contribution is 2.40. The first kappa shape index (κ1) is 8.75. The van der Waals surface area contributed by atoms with E-state index in [0.29, 0.717) is 0 Å². The van der Waals surface area contributed by atoms with Crippen molar-refractivity contribution in [2.45, 2.75) is 38.0 Å². The summed E-state index contributed by atoms with van der Waals surface area (Å²) in [6, 6.07) is 0. The molecule has 3 heteroatoms. The van der Waals surface area contributed by atoms with Crippen LogP contribution in [-0.4, -0.2) is 16.7 Å². The van der Waals surface area contributed by atoms with Crippen LogP contribution in [0.1, 0.15) is 36.9 Å². The van der Waals surface area contributed by atoms with Crippen LogP contribution >= 0.6 is 0 Å². The number of aromatic nitrogens is 2. The van der Waals surface area contributed by atoms with Crippen molar-refractivity contribution in [1.29, 1.82) is 0 Å². The van der Waals surface area contributed by atoms with Crippen LogP contribution in [0.2, 0.25) is 0 Å². The summed E-state index contributed by atoms with van der Waals surface area (Å²) >= 11 is 0. The van der Waals surface area contributed by atoms with Crippen LogP contribution in [0.4, 0.5) is 0 Å². The number of hydrogen-bond donors (Lipinski definition) is 2. The van der Waals surface area contributed by atoms with Gasteiger partial charge in [-0.3, -0.25) is 5.10 Å². The maximum atomic E-state index is 5.88. The molecule has 0 bridgehead atoms. The van der Waals surface area contributed by atoms with Crippen molar-refractivity contribution >= 4 is 0 Å². The summed E-state index contributed by atoms with van der Waals surface area (Å²) in [4.78, 5) is 0. The van der Waals surface area contributed by atoms with Crippen LogP contribution in [0.5, 0.6) is 0 Å². The van der Waals surface area contributed by atoms with E-state index in [0.717, 1.165) is 6.54 Å². The van der Waals surface area contributed by atoms with E-state index < -0.39 is 0 Å². The largest absolute Gasteiger partial charge is 0.330 e. The standard InChI is InChI=1S/C10H17N3/c1-8-6-12-13-9(8)10(7-11)4-2-3-5-10/h6H,2-5,7,11H2,1H3,(H,12,13). The second kappa shape index (κ2) is 3.14. The fourth-order valence-electron chi connectivity index (χ4n) is 2.49. The van der Waals surface area contributed by atoms with Crippen LogP contribution in [-0.2, 0) is 5.41 Å². The molecule has 1 heterocycles. The lowest BCUT2D eigenvalue weighted by molar-refractivity contribution is 0.436. The number of nitrogens with two attached hydrogens (primary N) is 1. The number of hydrogen-bond acceptors (Lipinski definition) is 2. The van der Waals surface area contributed by atoms with Crippen molar-refractivity contribution in [2.75, 3.05) is 6.54 Å². The van der Waals surface area contributed by atoms with Crippen LogP contribution in [0.3, 0.4) is 0 Å². The molecule has 72 valence electrons. The molecule has 3 N–H and O–H groups in total. The first-order valence-electron chi connectivity index (χ1n) is 4.99. The van der Waals surface area contributed by atoms with Gasteiger partial charge in [-0.05, 0) is 25.3 Å². The van der Waals surface area contributed by atoms with E-state index in [-0.39, 0.29) is 5.41 Å². The van der Waals surface area contributed by atoms with E-state index in [4.69, 9.17) is 5.73 Å². The molecule has 1 fully saturated rings. The first-order chi connectivity index (χ1) is 6.28. The predicted octanol–water partition coefficient (Wildman–Crippen LogP) is 1.49. The van der Waals surface area contributed by atoms with E-state index in [1.807, 2.05) is 6.20 Å². The fourth-order valence-corrected chi connectivity index (χ4v) is 2.49. The van der Waals surface area contributed by atoms with Gasteiger partial charge >= 0.3 is 0 Å². The van der Waals surface area contributed by atoms with Crippen LogP contribution in [0.25, 0.3) is 0 Å². The van der Waals surface area contributed by atoms with Crippen molar-refractivity contribution in [3.63, 3.8) is 0 Å². The highest BCUT2D eigenvalue weighted by Gasteiger charge is 2.36. The lowest BCUT2D eigenvalue weighted by Gasteiger charge is -2.26. The molecule has 1 aliphatic carbocycles. The van der Waals surface area contributed by atoms with Crippen LogP contribution in [0, 0.1) is 6.92 Å². The second-order valence-corrected chi connectivity index (χ2v) is 4.12. The molecule has 0 unspecified atom stereocenters. The smallest absolute Gasteiger partial charge is 0.0519 e. The molecule has 1 aliphatic rings. The Kier molecular flexibility index (Phi) is 2.12. The summed E-state index contributed by atoms with van der Waals surface area (Å²) in [5.74, 6) is 0. The molecule has 2 rings (SSSR count). The summed E-state index contributed by atoms with van der Waals surface area (Å²) < 4.78 is 0. The average Bonchev–Trinajstić information content (AvgIpc) is 2.73. The first-order valence-corrected chi connectivity index (χ1v) is 4.99. The molecule has 1 aromatic heterocycles. The van der Waals surface area contributed by atoms with Gasteiger partial charge in [0.15, 0.2) is 0 Å². The summed E-state index contributed by atoms with van der Waals surface area (Å²) in [7, 11) is 0. The maximum absolute atomic E-state index is 5.88. The van der Waals surface area contributed by atoms with Crippen molar-refractivity contribution in [2.24, 2.45) is 5.73 Å². The molecule has 3 nitrogen and oxygen atoms in total. The van der Waals surface area contributed by atoms with E-state index in [9.17, 15) is 0 Å². The molecular weight excluding hydrogens is 162 g/mol. The van der Waals surface area contributed by atoms with Gasteiger partial charge in [-0.1, -0.05) is 12.8 Å². The lowest BCUT2D eigenvalue weighted by atomic mass is 9.81. The van der Waals surface area contributed by atoms with Crippen LogP contribution < -0.4 is 5.73 Å². The quantitative estimate of drug-likeness (QED) is 0.722. The van der Waals surface area contributed by atoms with E-state index in [1.165, 1.54) is 36.9 Å². The molecule has 0 amide bonds. The molecule has 13 heavy (non-hydrogen) atoms. The minimum Gasteiger partial charge on any atom is -0.330 e. The summed E-state index contributed by atoms with van der Waals surface area (Å²) in [5.41, 5.74) is 8.62. The third-order valence-electron chi connectivity index (χ3n) is 3.31. The predicted molar refractivity (Wildman–Crippen MR) is 52.5 cm³/mol. The number of aromatic amines is 1. The zero-order chi connectivity index (χ0) is 9.31. The minimum atomic E-state index is 0.209. The average molecular weight is 179 g/mol. The molecule has 0 aliphatic heterocycles. The molecule has 0 saturated heterocycles. The highest BCUT2D eigenvalue weighted by molar-refractivity contribution is 5.26. The van der Waals surface area contributed by atoms with Crippen molar-refractivity contribution in [1.82, 2.24) is 10.2 Å². The van der Waals surface area contributed by atoms with Crippen molar-refractivity contribution in [3.8, 4) is 0 Å². The van der Waals surface area contributed by atoms with Crippen molar-refractivity contribution in [3.05, 3.63) is 17.5 Å². The molecule has 1 saturated carbocycles. The van der Waals surface area contributed by atoms with Gasteiger partial charge in [0.2, 0.25) is 0 Å². The Morgan fingerprint density at radius 2 is 2.23 bits per heavy atom. The Hall–Kier alpha value is -0.830. The summed E-state index contributed by atoms with van der Waals surface area (Å²) in [6.45, 7) is 2.85. The fraction of sp³-hybridized carbons (Fsp3) is 0.700. The minimum absolute atomic E-state index is 0.209. The zero-order valence-electron chi connectivity index (χ0n) is 8.14. The lowest BCUT2D eigenvalue weighted by Crippen LogP contribution is -2.33. The van der Waals surface area contributed by atoms with Gasteiger partial charge < -0.3 is 5.73 Å². The Balaban J connectivity index is 2.36. The third-order valence-corrected chi connectivity index (χ3v) is 3.31. The van der Waals surface area contributed by atoms with Gasteiger partial charge in [-0.25, -0.2) is 0 Å². The SMILES string of the molecule is Cc1cn[nH]c1C1(CN)CCCC1. The van der Waals surface area contributed by atoms with Gasteiger partial charge in [0.25, 0.3) is 0 Å². The monoisotopic (exact) mass is 179 g/mol. The van der Waals surface area contributed by atoms with Gasteiger partial charge in [-0.2, -0.15) is 5.10 Å². The van der Waals surface area contributed by atoms with E-state index in [1.54, 1.807) is 0 Å². The molecule has 1 aromatic rings. The Bertz CT molecular complexity index is 284. The summed E-state index contributed by atoms with van der Waals surface area (Å²) in [5, 5.41) is 7.19. The molecule has 0 radical (unpaired) electrons. The summed E-state index contributed by atoms with van der Waals surface area (Å²) in [6.07, 6.45) is 6.93. The third kappa shape index (κ3) is 1.27. The number of nitrogens with zero attached hydrogens (tertiary/aromatic N) is 1. The molecule has 0 atom stereocenters. The maximum Gasteiger partial charge on any atom is 0.0519 e. The number of H-pyrrole nitrogens is 1. The Morgan fingerprint density at radius 3 is 2.69 bits per heavy atom. The Morgan fingerprint density at radius 1 is 1.54 bits per heavy atom. The second-order valence-electron chi connectivity index (χ2n) is 4.12. The number of nitrogens with one attached hydrogen (secondary N) is 1. The molecule has 0 spiro atoms.